The summed E-state index contributed by atoms with van der Waals surface area (Å²) in [5.41, 5.74) is -0.0450. The molecule has 0 aliphatic heterocycles. The molecule has 0 aromatic heterocycles. The van der Waals surface area contributed by atoms with E-state index >= 15 is 0 Å². The number of hydrogen-bond acceptors (Lipinski definition) is 5. The van der Waals surface area contributed by atoms with Crippen LogP contribution >= 0.6 is 12.4 Å². The maximum Gasteiger partial charge on any atom is 0.289 e. The molecule has 0 unspecified atom stereocenters. The predicted molar refractivity (Wildman–Crippen MR) is 78.8 cm³/mol. The van der Waals surface area contributed by atoms with Crippen LogP contribution in [0.15, 0.2) is 23.1 Å². The van der Waals surface area contributed by atoms with Gasteiger partial charge in [-0.3, -0.25) is 10.1 Å². The summed E-state index contributed by atoms with van der Waals surface area (Å²) in [7, 11) is -2.10. The standard InChI is InChI=1S/C11H17N3O4S.ClH/c1-9-5-3-6-10(14(15)16)11(9)19(17,18)13-8-4-7-12-2;/h3,5-6,12-13H,4,7-8H2,1-2H3;1H. The van der Waals surface area contributed by atoms with E-state index in [1.165, 1.54) is 25.1 Å². The van der Waals surface area contributed by atoms with Gasteiger partial charge >= 0.3 is 0 Å². The molecule has 0 saturated heterocycles. The Labute approximate surface area is 124 Å². The fourth-order valence-electron chi connectivity index (χ4n) is 1.67. The Morgan fingerprint density at radius 3 is 2.50 bits per heavy atom. The van der Waals surface area contributed by atoms with E-state index in [4.69, 9.17) is 0 Å². The highest BCUT2D eigenvalue weighted by atomic mass is 35.5. The van der Waals surface area contributed by atoms with Gasteiger partial charge in [0, 0.05) is 12.6 Å². The summed E-state index contributed by atoms with van der Waals surface area (Å²) < 4.78 is 26.6. The van der Waals surface area contributed by atoms with Crippen molar-refractivity contribution in [3.05, 3.63) is 33.9 Å². The summed E-state index contributed by atoms with van der Waals surface area (Å²) >= 11 is 0. The highest BCUT2D eigenvalue weighted by Crippen LogP contribution is 2.26. The van der Waals surface area contributed by atoms with Gasteiger partial charge in [0.15, 0.2) is 4.90 Å². The molecule has 114 valence electrons. The Morgan fingerprint density at radius 1 is 1.30 bits per heavy atom. The number of nitrogens with one attached hydrogen (secondary N) is 2. The summed E-state index contributed by atoms with van der Waals surface area (Å²) in [6.07, 6.45) is 0.607. The quantitative estimate of drug-likeness (QED) is 0.446. The van der Waals surface area contributed by atoms with Gasteiger partial charge in [0.2, 0.25) is 10.0 Å². The van der Waals surface area contributed by atoms with E-state index in [0.29, 0.717) is 18.5 Å². The maximum atomic E-state index is 12.1. The minimum atomic E-state index is -3.87. The van der Waals surface area contributed by atoms with Gasteiger partial charge in [-0.15, -0.1) is 12.4 Å². The lowest BCUT2D eigenvalue weighted by atomic mass is 10.2. The van der Waals surface area contributed by atoms with Gasteiger partial charge < -0.3 is 5.32 Å². The lowest BCUT2D eigenvalue weighted by Gasteiger charge is -2.09. The second-order valence-electron chi connectivity index (χ2n) is 4.04. The molecule has 0 saturated carbocycles. The molecule has 1 rings (SSSR count). The first kappa shape index (κ1) is 18.8. The van der Waals surface area contributed by atoms with Crippen molar-refractivity contribution in [3.63, 3.8) is 0 Å². The lowest BCUT2D eigenvalue weighted by molar-refractivity contribution is -0.387. The van der Waals surface area contributed by atoms with Crippen molar-refractivity contribution in [1.29, 1.82) is 0 Å². The summed E-state index contributed by atoms with van der Waals surface area (Å²) in [5.74, 6) is 0. The van der Waals surface area contributed by atoms with Crippen LogP contribution in [0, 0.1) is 17.0 Å². The van der Waals surface area contributed by atoms with Crippen LogP contribution < -0.4 is 10.0 Å². The summed E-state index contributed by atoms with van der Waals surface area (Å²) in [5, 5.41) is 13.8. The van der Waals surface area contributed by atoms with E-state index in [9.17, 15) is 18.5 Å². The Balaban J connectivity index is 0.00000361. The number of rotatable bonds is 7. The third-order valence-corrected chi connectivity index (χ3v) is 4.20. The topological polar surface area (TPSA) is 101 Å². The van der Waals surface area contributed by atoms with Crippen molar-refractivity contribution in [2.45, 2.75) is 18.2 Å². The average Bonchev–Trinajstić information content (AvgIpc) is 2.34. The molecule has 0 heterocycles. The minimum Gasteiger partial charge on any atom is -0.320 e. The molecular formula is C11H18ClN3O4S. The molecule has 1 aromatic rings. The summed E-state index contributed by atoms with van der Waals surface area (Å²) in [6.45, 7) is 2.43. The molecule has 0 aliphatic carbocycles. The number of nitro benzene ring substituents is 1. The van der Waals surface area contributed by atoms with Crippen molar-refractivity contribution < 1.29 is 13.3 Å². The normalized spacial score (nSPS) is 10.9. The molecule has 20 heavy (non-hydrogen) atoms. The number of nitrogens with zero attached hydrogens (tertiary/aromatic N) is 1. The largest absolute Gasteiger partial charge is 0.320 e. The number of nitro groups is 1. The molecule has 0 atom stereocenters. The van der Waals surface area contributed by atoms with Gasteiger partial charge in [-0.25, -0.2) is 13.1 Å². The second-order valence-corrected chi connectivity index (χ2v) is 5.74. The molecule has 0 fully saturated rings. The van der Waals surface area contributed by atoms with Crippen molar-refractivity contribution in [1.82, 2.24) is 10.0 Å². The number of sulfonamides is 1. The molecular weight excluding hydrogens is 306 g/mol. The van der Waals surface area contributed by atoms with Crippen molar-refractivity contribution in [3.8, 4) is 0 Å². The zero-order chi connectivity index (χ0) is 14.5. The van der Waals surface area contributed by atoms with Crippen LogP contribution in [-0.2, 0) is 10.0 Å². The molecule has 9 heteroatoms. The molecule has 0 bridgehead atoms. The highest BCUT2D eigenvalue weighted by molar-refractivity contribution is 7.89. The van der Waals surface area contributed by atoms with E-state index in [2.05, 4.69) is 10.0 Å². The molecule has 2 N–H and O–H groups in total. The van der Waals surface area contributed by atoms with Crippen LogP contribution in [0.2, 0.25) is 0 Å². The van der Waals surface area contributed by atoms with Crippen LogP contribution in [0.25, 0.3) is 0 Å². The molecule has 0 aliphatic rings. The number of aryl methyl sites for hydroxylation is 1. The predicted octanol–water partition coefficient (Wildman–Crippen LogP) is 1.21. The fraction of sp³-hybridized carbons (Fsp3) is 0.455. The Kier molecular flexibility index (Phi) is 7.66. The van der Waals surface area contributed by atoms with Crippen LogP contribution in [0.1, 0.15) is 12.0 Å². The van der Waals surface area contributed by atoms with Gasteiger partial charge in [0.05, 0.1) is 4.92 Å². The van der Waals surface area contributed by atoms with Crippen LogP contribution in [0.5, 0.6) is 0 Å². The van der Waals surface area contributed by atoms with Gasteiger partial charge in [-0.05, 0) is 32.5 Å². The van der Waals surface area contributed by atoms with Gasteiger partial charge in [-0.1, -0.05) is 12.1 Å². The fourth-order valence-corrected chi connectivity index (χ4v) is 3.14. The van der Waals surface area contributed by atoms with E-state index in [1.807, 2.05) is 0 Å². The second kappa shape index (κ2) is 8.15. The molecule has 7 nitrogen and oxygen atoms in total. The third-order valence-electron chi connectivity index (χ3n) is 2.55. The van der Waals surface area contributed by atoms with E-state index in [1.54, 1.807) is 7.05 Å². The van der Waals surface area contributed by atoms with E-state index in [-0.39, 0.29) is 23.8 Å². The third kappa shape index (κ3) is 4.71. The molecule has 0 spiro atoms. The molecule has 0 radical (unpaired) electrons. The van der Waals surface area contributed by atoms with Crippen molar-refractivity contribution >= 4 is 28.1 Å². The minimum absolute atomic E-state index is 0. The van der Waals surface area contributed by atoms with Crippen molar-refractivity contribution in [2.24, 2.45) is 0 Å². The van der Waals surface area contributed by atoms with Crippen LogP contribution in [0.4, 0.5) is 5.69 Å². The monoisotopic (exact) mass is 323 g/mol. The average molecular weight is 324 g/mol. The van der Waals surface area contributed by atoms with Gasteiger partial charge in [0.1, 0.15) is 0 Å². The van der Waals surface area contributed by atoms with E-state index in [0.717, 1.165) is 0 Å². The molecule has 1 aromatic carbocycles. The highest BCUT2D eigenvalue weighted by Gasteiger charge is 2.27. The van der Waals surface area contributed by atoms with E-state index < -0.39 is 20.6 Å². The summed E-state index contributed by atoms with van der Waals surface area (Å²) in [6, 6.07) is 4.19. The molecule has 0 amide bonds. The Bertz CT molecular complexity index is 563. The SMILES string of the molecule is CNCCCNS(=O)(=O)c1c(C)cccc1[N+](=O)[O-].Cl. The van der Waals surface area contributed by atoms with Crippen molar-refractivity contribution in [2.75, 3.05) is 20.1 Å². The number of benzene rings is 1. The first-order valence-electron chi connectivity index (χ1n) is 5.78. The van der Waals surface area contributed by atoms with Crippen LogP contribution in [0.3, 0.4) is 0 Å². The number of hydrogen-bond donors (Lipinski definition) is 2. The first-order valence-corrected chi connectivity index (χ1v) is 7.26. The van der Waals surface area contributed by atoms with Gasteiger partial charge in [-0.2, -0.15) is 0 Å². The summed E-state index contributed by atoms with van der Waals surface area (Å²) in [4.78, 5) is 9.96. The van der Waals surface area contributed by atoms with Crippen LogP contribution in [-0.4, -0.2) is 33.5 Å². The van der Waals surface area contributed by atoms with Gasteiger partial charge in [0.25, 0.3) is 5.69 Å². The smallest absolute Gasteiger partial charge is 0.289 e. The Hall–Kier alpha value is -1.22. The maximum absolute atomic E-state index is 12.1. The Morgan fingerprint density at radius 2 is 1.95 bits per heavy atom. The number of halogens is 1. The first-order chi connectivity index (χ1) is 8.90. The zero-order valence-electron chi connectivity index (χ0n) is 11.3. The lowest BCUT2D eigenvalue weighted by Crippen LogP contribution is -2.28. The zero-order valence-corrected chi connectivity index (χ0v) is 12.9.